The first-order chi connectivity index (χ1) is 6.36. The second kappa shape index (κ2) is 5.37. The van der Waals surface area contributed by atoms with E-state index in [-0.39, 0.29) is 0 Å². The SMILES string of the molecule is CCCCc1cccc(CC#N)c1. The number of nitrogens with zero attached hydrogens (tertiary/aromatic N) is 1. The van der Waals surface area contributed by atoms with Gasteiger partial charge in [-0.25, -0.2) is 0 Å². The first-order valence-electron chi connectivity index (χ1n) is 4.81. The van der Waals surface area contributed by atoms with E-state index in [1.807, 2.05) is 12.1 Å². The molecule has 68 valence electrons. The lowest BCUT2D eigenvalue weighted by Gasteiger charge is -2.01. The number of hydrogen-bond acceptors (Lipinski definition) is 1. The van der Waals surface area contributed by atoms with Gasteiger partial charge < -0.3 is 0 Å². The Bertz CT molecular complexity index is 296. The first kappa shape index (κ1) is 9.80. The van der Waals surface area contributed by atoms with Crippen molar-refractivity contribution in [3.63, 3.8) is 0 Å². The first-order valence-corrected chi connectivity index (χ1v) is 4.81. The summed E-state index contributed by atoms with van der Waals surface area (Å²) in [5, 5.41) is 8.54. The van der Waals surface area contributed by atoms with Crippen molar-refractivity contribution in [1.29, 1.82) is 5.26 Å². The van der Waals surface area contributed by atoms with Gasteiger partial charge in [0.05, 0.1) is 12.5 Å². The van der Waals surface area contributed by atoms with Crippen molar-refractivity contribution in [2.75, 3.05) is 0 Å². The molecule has 0 heterocycles. The van der Waals surface area contributed by atoms with Crippen molar-refractivity contribution in [2.24, 2.45) is 0 Å². The molecule has 0 aliphatic rings. The molecule has 0 saturated heterocycles. The Balaban J connectivity index is 2.63. The highest BCUT2D eigenvalue weighted by molar-refractivity contribution is 5.25. The maximum absolute atomic E-state index is 8.54. The molecule has 0 N–H and O–H groups in total. The molecule has 0 aliphatic heterocycles. The molecule has 0 atom stereocenters. The van der Waals surface area contributed by atoms with Gasteiger partial charge in [-0.15, -0.1) is 0 Å². The number of nitriles is 1. The molecular formula is C12H15N. The molecule has 0 fully saturated rings. The van der Waals surface area contributed by atoms with Gasteiger partial charge >= 0.3 is 0 Å². The van der Waals surface area contributed by atoms with Crippen LogP contribution in [-0.2, 0) is 12.8 Å². The van der Waals surface area contributed by atoms with Gasteiger partial charge in [-0.1, -0.05) is 37.6 Å². The quantitative estimate of drug-likeness (QED) is 0.686. The molecule has 1 heteroatoms. The third-order valence-electron chi connectivity index (χ3n) is 2.09. The lowest BCUT2D eigenvalue weighted by Crippen LogP contribution is -1.87. The Hall–Kier alpha value is -1.29. The largest absolute Gasteiger partial charge is 0.198 e. The van der Waals surface area contributed by atoms with Crippen LogP contribution in [0.2, 0.25) is 0 Å². The van der Waals surface area contributed by atoms with Crippen LogP contribution in [0.3, 0.4) is 0 Å². The van der Waals surface area contributed by atoms with Gasteiger partial charge in [0.25, 0.3) is 0 Å². The monoisotopic (exact) mass is 173 g/mol. The number of hydrogen-bond donors (Lipinski definition) is 0. The van der Waals surface area contributed by atoms with Gasteiger partial charge in [0.15, 0.2) is 0 Å². The molecule has 1 aromatic rings. The van der Waals surface area contributed by atoms with Crippen molar-refractivity contribution in [2.45, 2.75) is 32.6 Å². The van der Waals surface area contributed by atoms with E-state index in [4.69, 9.17) is 5.26 Å². The molecule has 0 aromatic heterocycles. The zero-order valence-electron chi connectivity index (χ0n) is 8.09. The predicted molar refractivity (Wildman–Crippen MR) is 54.4 cm³/mol. The third kappa shape index (κ3) is 3.29. The van der Waals surface area contributed by atoms with E-state index in [1.54, 1.807) is 0 Å². The van der Waals surface area contributed by atoms with Crippen LogP contribution < -0.4 is 0 Å². The molecule has 1 aromatic carbocycles. The van der Waals surface area contributed by atoms with Crippen molar-refractivity contribution < 1.29 is 0 Å². The van der Waals surface area contributed by atoms with Crippen LogP contribution in [0.4, 0.5) is 0 Å². The summed E-state index contributed by atoms with van der Waals surface area (Å²) in [4.78, 5) is 0. The molecule has 13 heavy (non-hydrogen) atoms. The third-order valence-corrected chi connectivity index (χ3v) is 2.09. The Labute approximate surface area is 80.0 Å². The zero-order chi connectivity index (χ0) is 9.52. The number of rotatable bonds is 4. The van der Waals surface area contributed by atoms with Crippen LogP contribution >= 0.6 is 0 Å². The van der Waals surface area contributed by atoms with Gasteiger partial charge in [0.1, 0.15) is 0 Å². The number of aryl methyl sites for hydroxylation is 1. The fourth-order valence-corrected chi connectivity index (χ4v) is 1.37. The average Bonchev–Trinajstić information content (AvgIpc) is 2.16. The summed E-state index contributed by atoms with van der Waals surface area (Å²) in [7, 11) is 0. The second-order valence-corrected chi connectivity index (χ2v) is 3.26. The summed E-state index contributed by atoms with van der Waals surface area (Å²) in [6.45, 7) is 2.19. The summed E-state index contributed by atoms with van der Waals surface area (Å²) in [5.41, 5.74) is 2.49. The molecule has 0 radical (unpaired) electrons. The Morgan fingerprint density at radius 3 is 2.77 bits per heavy atom. The van der Waals surface area contributed by atoms with E-state index in [1.165, 1.54) is 18.4 Å². The van der Waals surface area contributed by atoms with Crippen LogP contribution in [0.5, 0.6) is 0 Å². The average molecular weight is 173 g/mol. The van der Waals surface area contributed by atoms with Crippen LogP contribution in [0, 0.1) is 11.3 Å². The smallest absolute Gasteiger partial charge is 0.0669 e. The van der Waals surface area contributed by atoms with Gasteiger partial charge in [0, 0.05) is 0 Å². The van der Waals surface area contributed by atoms with E-state index in [0.717, 1.165) is 12.0 Å². The molecule has 0 saturated carbocycles. The van der Waals surface area contributed by atoms with Crippen LogP contribution in [0.15, 0.2) is 24.3 Å². The Kier molecular flexibility index (Phi) is 4.05. The molecule has 0 aliphatic carbocycles. The van der Waals surface area contributed by atoms with Gasteiger partial charge in [-0.05, 0) is 24.0 Å². The minimum atomic E-state index is 0.528. The maximum atomic E-state index is 8.54. The van der Waals surface area contributed by atoms with E-state index in [9.17, 15) is 0 Å². The topological polar surface area (TPSA) is 23.8 Å². The Morgan fingerprint density at radius 1 is 1.31 bits per heavy atom. The highest BCUT2D eigenvalue weighted by atomic mass is 14.2. The predicted octanol–water partition coefficient (Wildman–Crippen LogP) is 3.10. The molecule has 1 rings (SSSR count). The van der Waals surface area contributed by atoms with Crippen molar-refractivity contribution in [3.8, 4) is 6.07 Å². The fraction of sp³-hybridized carbons (Fsp3) is 0.417. The highest BCUT2D eigenvalue weighted by Gasteiger charge is 1.94. The van der Waals surface area contributed by atoms with Gasteiger partial charge in [-0.2, -0.15) is 5.26 Å². The van der Waals surface area contributed by atoms with Crippen molar-refractivity contribution in [3.05, 3.63) is 35.4 Å². The molecule has 0 bridgehead atoms. The molecular weight excluding hydrogens is 158 g/mol. The highest BCUT2D eigenvalue weighted by Crippen LogP contribution is 2.08. The van der Waals surface area contributed by atoms with Crippen LogP contribution in [0.1, 0.15) is 30.9 Å². The second-order valence-electron chi connectivity index (χ2n) is 3.26. The minimum absolute atomic E-state index is 0.528. The molecule has 1 nitrogen and oxygen atoms in total. The molecule has 0 unspecified atom stereocenters. The number of unbranched alkanes of at least 4 members (excludes halogenated alkanes) is 1. The minimum Gasteiger partial charge on any atom is -0.198 e. The van der Waals surface area contributed by atoms with Gasteiger partial charge in [-0.3, -0.25) is 0 Å². The van der Waals surface area contributed by atoms with Crippen molar-refractivity contribution >= 4 is 0 Å². The number of benzene rings is 1. The zero-order valence-corrected chi connectivity index (χ0v) is 8.09. The standard InChI is InChI=1S/C12H15N/c1-2-3-5-11-6-4-7-12(10-11)8-9-13/h4,6-7,10H,2-3,5,8H2,1H3. The maximum Gasteiger partial charge on any atom is 0.0669 e. The molecule has 0 spiro atoms. The van der Waals surface area contributed by atoms with Crippen LogP contribution in [0.25, 0.3) is 0 Å². The van der Waals surface area contributed by atoms with Crippen LogP contribution in [-0.4, -0.2) is 0 Å². The molecule has 0 amide bonds. The lowest BCUT2D eigenvalue weighted by atomic mass is 10.0. The van der Waals surface area contributed by atoms with Crippen molar-refractivity contribution in [1.82, 2.24) is 0 Å². The summed E-state index contributed by atoms with van der Waals surface area (Å²) < 4.78 is 0. The Morgan fingerprint density at radius 2 is 2.08 bits per heavy atom. The fourth-order valence-electron chi connectivity index (χ4n) is 1.37. The van der Waals surface area contributed by atoms with E-state index in [2.05, 4.69) is 25.1 Å². The van der Waals surface area contributed by atoms with Gasteiger partial charge in [0.2, 0.25) is 0 Å². The summed E-state index contributed by atoms with van der Waals surface area (Å²) in [6, 6.07) is 10.5. The van der Waals surface area contributed by atoms with E-state index in [0.29, 0.717) is 6.42 Å². The van der Waals surface area contributed by atoms with E-state index < -0.39 is 0 Å². The summed E-state index contributed by atoms with van der Waals surface area (Å²) >= 11 is 0. The normalized spacial score (nSPS) is 9.54. The lowest BCUT2D eigenvalue weighted by molar-refractivity contribution is 0.794. The summed E-state index contributed by atoms with van der Waals surface area (Å²) in [5.74, 6) is 0. The van der Waals surface area contributed by atoms with E-state index >= 15 is 0 Å². The summed E-state index contributed by atoms with van der Waals surface area (Å²) in [6.07, 6.45) is 4.12.